The molecular formula is C16H17Cl3N4O2. The zero-order chi connectivity index (χ0) is 17.8. The molecule has 0 atom stereocenters. The van der Waals surface area contributed by atoms with Crippen LogP contribution in [0.25, 0.3) is 0 Å². The molecule has 25 heavy (non-hydrogen) atoms. The molecule has 1 aromatic carbocycles. The average Bonchev–Trinajstić information content (AvgIpc) is 2.81. The number of halogens is 3. The number of aryl methyl sites for hydroxylation is 1. The Bertz CT molecular complexity index is 779. The van der Waals surface area contributed by atoms with E-state index >= 15 is 0 Å². The van der Waals surface area contributed by atoms with E-state index in [4.69, 9.17) is 39.5 Å². The molecule has 2 aromatic rings. The first kappa shape index (κ1) is 18.3. The van der Waals surface area contributed by atoms with Crippen molar-refractivity contribution in [3.63, 3.8) is 0 Å². The lowest BCUT2D eigenvalue weighted by Crippen LogP contribution is -2.29. The van der Waals surface area contributed by atoms with Crippen LogP contribution in [0.5, 0.6) is 5.75 Å². The fraction of sp³-hybridized carbons (Fsp3) is 0.438. The Morgan fingerprint density at radius 2 is 1.92 bits per heavy atom. The highest BCUT2D eigenvalue weighted by atomic mass is 35.5. The monoisotopic (exact) mass is 402 g/mol. The van der Waals surface area contributed by atoms with E-state index in [9.17, 15) is 4.79 Å². The number of nitrogens with zero attached hydrogens (tertiary/aromatic N) is 3. The summed E-state index contributed by atoms with van der Waals surface area (Å²) in [6.07, 6.45) is 4.35. The molecule has 0 bridgehead atoms. The van der Waals surface area contributed by atoms with E-state index < -0.39 is 0 Å². The van der Waals surface area contributed by atoms with Crippen molar-refractivity contribution in [2.45, 2.75) is 38.8 Å². The second kappa shape index (κ2) is 8.25. The zero-order valence-corrected chi connectivity index (χ0v) is 15.7. The molecule has 1 aromatic heterocycles. The third-order valence-electron chi connectivity index (χ3n) is 3.96. The van der Waals surface area contributed by atoms with Gasteiger partial charge in [0, 0.05) is 19.0 Å². The van der Waals surface area contributed by atoms with Crippen molar-refractivity contribution in [2.24, 2.45) is 0 Å². The maximum atomic E-state index is 12.0. The van der Waals surface area contributed by atoms with Gasteiger partial charge in [0.15, 0.2) is 12.4 Å². The van der Waals surface area contributed by atoms with Crippen molar-refractivity contribution < 1.29 is 9.53 Å². The van der Waals surface area contributed by atoms with Crippen molar-refractivity contribution in [2.75, 3.05) is 6.61 Å². The molecule has 0 unspecified atom stereocenters. The van der Waals surface area contributed by atoms with Crippen molar-refractivity contribution in [3.8, 4) is 5.75 Å². The van der Waals surface area contributed by atoms with Crippen LogP contribution in [0.3, 0.4) is 0 Å². The first-order valence-corrected chi connectivity index (χ1v) is 9.13. The highest BCUT2D eigenvalue weighted by Crippen LogP contribution is 2.33. The average molecular weight is 404 g/mol. The van der Waals surface area contributed by atoms with Crippen LogP contribution < -0.4 is 10.1 Å². The van der Waals surface area contributed by atoms with Crippen molar-refractivity contribution in [1.82, 2.24) is 20.1 Å². The van der Waals surface area contributed by atoms with Gasteiger partial charge in [0.2, 0.25) is 0 Å². The summed E-state index contributed by atoms with van der Waals surface area (Å²) in [4.78, 5) is 12.0. The van der Waals surface area contributed by atoms with Gasteiger partial charge >= 0.3 is 0 Å². The fourth-order valence-electron chi connectivity index (χ4n) is 2.66. The Morgan fingerprint density at radius 3 is 2.76 bits per heavy atom. The second-order valence-corrected chi connectivity index (χ2v) is 6.98. The third kappa shape index (κ3) is 4.57. The van der Waals surface area contributed by atoms with Crippen LogP contribution in [0.4, 0.5) is 0 Å². The van der Waals surface area contributed by atoms with Crippen molar-refractivity contribution in [3.05, 3.63) is 38.8 Å². The molecule has 1 amide bonds. The van der Waals surface area contributed by atoms with Crippen LogP contribution in [0, 0.1) is 0 Å². The number of hydrogen-bond acceptors (Lipinski definition) is 4. The van der Waals surface area contributed by atoms with Crippen LogP contribution in [0.2, 0.25) is 15.1 Å². The maximum absolute atomic E-state index is 12.0. The van der Waals surface area contributed by atoms with Crippen LogP contribution in [0.15, 0.2) is 12.1 Å². The number of rotatable bonds is 5. The fourth-order valence-corrected chi connectivity index (χ4v) is 3.25. The third-order valence-corrected chi connectivity index (χ3v) is 4.98. The molecule has 6 nitrogen and oxygen atoms in total. The zero-order valence-electron chi connectivity index (χ0n) is 13.4. The van der Waals surface area contributed by atoms with Crippen LogP contribution in [-0.2, 0) is 24.3 Å². The smallest absolute Gasteiger partial charge is 0.258 e. The lowest BCUT2D eigenvalue weighted by atomic mass is 10.2. The normalized spacial score (nSPS) is 13.9. The lowest BCUT2D eigenvalue weighted by molar-refractivity contribution is -0.123. The van der Waals surface area contributed by atoms with Crippen molar-refractivity contribution >= 4 is 40.7 Å². The summed E-state index contributed by atoms with van der Waals surface area (Å²) in [5.41, 5.74) is 0. The number of aromatic nitrogens is 3. The molecule has 9 heteroatoms. The van der Waals surface area contributed by atoms with Gasteiger partial charge in [-0.1, -0.05) is 41.2 Å². The molecule has 0 aliphatic carbocycles. The highest BCUT2D eigenvalue weighted by Gasteiger charge is 2.15. The van der Waals surface area contributed by atoms with Crippen LogP contribution >= 0.6 is 34.8 Å². The number of carbonyl (C=O) groups is 1. The molecule has 134 valence electrons. The van der Waals surface area contributed by atoms with Gasteiger partial charge < -0.3 is 14.6 Å². The topological polar surface area (TPSA) is 69.0 Å². The minimum Gasteiger partial charge on any atom is -0.482 e. The molecule has 1 N–H and O–H groups in total. The van der Waals surface area contributed by atoms with Gasteiger partial charge in [0.05, 0.1) is 21.6 Å². The first-order chi connectivity index (χ1) is 12.0. The Balaban J connectivity index is 1.54. The van der Waals surface area contributed by atoms with Crippen LogP contribution in [-0.4, -0.2) is 27.3 Å². The number of nitrogens with one attached hydrogen (secondary N) is 1. The predicted octanol–water partition coefficient (Wildman–Crippen LogP) is 3.66. The second-order valence-electron chi connectivity index (χ2n) is 5.76. The van der Waals surface area contributed by atoms with Gasteiger partial charge in [-0.25, -0.2) is 0 Å². The van der Waals surface area contributed by atoms with Gasteiger partial charge in [-0.2, -0.15) is 0 Å². The van der Waals surface area contributed by atoms with E-state index in [1.807, 2.05) is 0 Å². The number of benzene rings is 1. The molecule has 0 saturated heterocycles. The van der Waals surface area contributed by atoms with E-state index in [1.165, 1.54) is 18.6 Å². The predicted molar refractivity (Wildman–Crippen MR) is 96.4 cm³/mol. The van der Waals surface area contributed by atoms with Gasteiger partial charge in [-0.05, 0) is 18.9 Å². The highest BCUT2D eigenvalue weighted by molar-refractivity contribution is 6.43. The molecule has 1 aliphatic rings. The van der Waals surface area contributed by atoms with E-state index in [0.29, 0.717) is 27.4 Å². The SMILES string of the molecule is O=C(COc1cc(Cl)c(Cl)cc1Cl)NCc1nnc2n1CCCCC2. The molecule has 0 spiro atoms. The van der Waals surface area contributed by atoms with Crippen molar-refractivity contribution in [1.29, 1.82) is 0 Å². The number of ether oxygens (including phenoxy) is 1. The Labute approximate surface area is 160 Å². The van der Waals surface area contributed by atoms with Gasteiger partial charge in [-0.15, -0.1) is 10.2 Å². The Kier molecular flexibility index (Phi) is 6.04. The van der Waals surface area contributed by atoms with Crippen LogP contribution in [0.1, 0.15) is 30.9 Å². The Morgan fingerprint density at radius 1 is 1.12 bits per heavy atom. The molecule has 0 radical (unpaired) electrons. The minimum atomic E-state index is -0.284. The first-order valence-electron chi connectivity index (χ1n) is 7.99. The summed E-state index contributed by atoms with van der Waals surface area (Å²) >= 11 is 17.8. The molecule has 0 fully saturated rings. The van der Waals surface area contributed by atoms with Gasteiger partial charge in [0.25, 0.3) is 5.91 Å². The Hall–Kier alpha value is -1.50. The molecule has 1 aliphatic heterocycles. The number of hydrogen-bond donors (Lipinski definition) is 1. The summed E-state index contributed by atoms with van der Waals surface area (Å²) in [5.74, 6) is 1.77. The largest absolute Gasteiger partial charge is 0.482 e. The summed E-state index contributed by atoms with van der Waals surface area (Å²) in [6.45, 7) is 1.02. The quantitative estimate of drug-likeness (QED) is 0.774. The number of carbonyl (C=O) groups excluding carboxylic acids is 1. The summed E-state index contributed by atoms with van der Waals surface area (Å²) in [5, 5.41) is 12.1. The van der Waals surface area contributed by atoms with E-state index in [2.05, 4.69) is 20.1 Å². The van der Waals surface area contributed by atoms with E-state index in [-0.39, 0.29) is 12.5 Å². The molecule has 2 heterocycles. The number of amides is 1. The lowest BCUT2D eigenvalue weighted by Gasteiger charge is -2.10. The van der Waals surface area contributed by atoms with E-state index in [0.717, 1.165) is 37.5 Å². The van der Waals surface area contributed by atoms with Gasteiger partial charge in [-0.3, -0.25) is 4.79 Å². The summed E-state index contributed by atoms with van der Waals surface area (Å²) in [7, 11) is 0. The van der Waals surface area contributed by atoms with Gasteiger partial charge in [0.1, 0.15) is 11.6 Å². The molecule has 0 saturated carbocycles. The molecule has 3 rings (SSSR count). The minimum absolute atomic E-state index is 0.182. The number of fused-ring (bicyclic) bond motifs is 1. The summed E-state index contributed by atoms with van der Waals surface area (Å²) < 4.78 is 7.49. The van der Waals surface area contributed by atoms with E-state index in [1.54, 1.807) is 0 Å². The standard InChI is InChI=1S/C16H17Cl3N4O2/c17-10-6-12(19)13(7-11(10)18)25-9-16(24)20-8-15-22-21-14-4-2-1-3-5-23(14)15/h6-7H,1-5,8-9H2,(H,20,24). The maximum Gasteiger partial charge on any atom is 0.258 e. The molecular weight excluding hydrogens is 387 g/mol. The summed E-state index contributed by atoms with van der Waals surface area (Å²) in [6, 6.07) is 2.96.